The summed E-state index contributed by atoms with van der Waals surface area (Å²) in [4.78, 5) is 0. The number of rotatable bonds is 19. The number of benzene rings is 1. The maximum Gasteiger partial charge on any atom is 0.0192 e. The third-order valence-corrected chi connectivity index (χ3v) is 6.68. The van der Waals surface area contributed by atoms with E-state index in [1.807, 2.05) is 0 Å². The Labute approximate surface area is 182 Å². The highest BCUT2D eigenvalue weighted by molar-refractivity contribution is 5.33. The lowest BCUT2D eigenvalue weighted by Gasteiger charge is -2.38. The third-order valence-electron chi connectivity index (χ3n) is 6.68. The molecule has 0 N–H and O–H groups in total. The molecule has 0 bridgehead atoms. The molecular formula is C29H48. The molecule has 0 aliphatic heterocycles. The second kappa shape index (κ2) is 16.5. The van der Waals surface area contributed by atoms with Gasteiger partial charge in [0.2, 0.25) is 0 Å². The van der Waals surface area contributed by atoms with Crippen molar-refractivity contribution in [2.75, 3.05) is 0 Å². The first-order valence-corrected chi connectivity index (χ1v) is 12.6. The average Bonchev–Trinajstić information content (AvgIpc) is 2.77. The minimum Gasteiger partial charge on any atom is -0.103 e. The van der Waals surface area contributed by atoms with Crippen molar-refractivity contribution in [3.8, 4) is 0 Å². The fourth-order valence-corrected chi connectivity index (χ4v) is 4.77. The van der Waals surface area contributed by atoms with E-state index in [1.54, 1.807) is 0 Å². The van der Waals surface area contributed by atoms with Crippen LogP contribution in [0.5, 0.6) is 0 Å². The van der Waals surface area contributed by atoms with Crippen LogP contribution in [-0.2, 0) is 5.41 Å². The molecule has 0 nitrogen and oxygen atoms in total. The van der Waals surface area contributed by atoms with Crippen LogP contribution in [0.1, 0.15) is 116 Å². The smallest absolute Gasteiger partial charge is 0.0192 e. The van der Waals surface area contributed by atoms with Gasteiger partial charge in [0.1, 0.15) is 0 Å². The second-order valence-corrected chi connectivity index (χ2v) is 8.88. The van der Waals surface area contributed by atoms with Crippen molar-refractivity contribution in [3.63, 3.8) is 0 Å². The van der Waals surface area contributed by atoms with E-state index < -0.39 is 0 Å². The van der Waals surface area contributed by atoms with Gasteiger partial charge in [-0.25, -0.2) is 0 Å². The molecule has 0 aliphatic carbocycles. The normalized spacial score (nSPS) is 14.3. The summed E-state index contributed by atoms with van der Waals surface area (Å²) >= 11 is 0. The molecule has 0 aromatic heterocycles. The van der Waals surface area contributed by atoms with E-state index in [1.165, 1.54) is 102 Å². The molecule has 1 aromatic carbocycles. The number of hydrogen-bond donors (Lipinski definition) is 0. The SMILES string of the molecule is C=CC(CCCCCCCC)C(C=C)(CCCCCCCCC)c1ccccc1. The highest BCUT2D eigenvalue weighted by atomic mass is 14.4. The summed E-state index contributed by atoms with van der Waals surface area (Å²) in [6, 6.07) is 11.1. The minimum atomic E-state index is 0.0375. The van der Waals surface area contributed by atoms with Gasteiger partial charge in [-0.05, 0) is 24.3 Å². The van der Waals surface area contributed by atoms with Crippen LogP contribution < -0.4 is 0 Å². The molecule has 0 heterocycles. The van der Waals surface area contributed by atoms with Gasteiger partial charge in [0.25, 0.3) is 0 Å². The molecule has 164 valence electrons. The van der Waals surface area contributed by atoms with Crippen molar-refractivity contribution in [3.05, 3.63) is 61.2 Å². The number of allylic oxidation sites excluding steroid dienone is 2. The van der Waals surface area contributed by atoms with E-state index in [4.69, 9.17) is 0 Å². The van der Waals surface area contributed by atoms with Crippen LogP contribution in [-0.4, -0.2) is 0 Å². The van der Waals surface area contributed by atoms with Gasteiger partial charge in [0.15, 0.2) is 0 Å². The van der Waals surface area contributed by atoms with Gasteiger partial charge in [0.05, 0.1) is 0 Å². The lowest BCUT2D eigenvalue weighted by molar-refractivity contribution is 0.327. The second-order valence-electron chi connectivity index (χ2n) is 8.88. The largest absolute Gasteiger partial charge is 0.103 e. The first-order valence-electron chi connectivity index (χ1n) is 12.6. The predicted molar refractivity (Wildman–Crippen MR) is 133 cm³/mol. The summed E-state index contributed by atoms with van der Waals surface area (Å²) in [7, 11) is 0. The first kappa shape index (κ1) is 25.7. The van der Waals surface area contributed by atoms with Gasteiger partial charge >= 0.3 is 0 Å². The van der Waals surface area contributed by atoms with Gasteiger partial charge in [0, 0.05) is 5.41 Å². The third kappa shape index (κ3) is 9.37. The maximum atomic E-state index is 4.34. The Morgan fingerprint density at radius 2 is 1.24 bits per heavy atom. The van der Waals surface area contributed by atoms with Gasteiger partial charge in [-0.15, -0.1) is 13.2 Å². The zero-order valence-corrected chi connectivity index (χ0v) is 19.6. The summed E-state index contributed by atoms with van der Waals surface area (Å²) < 4.78 is 0. The van der Waals surface area contributed by atoms with Crippen molar-refractivity contribution >= 4 is 0 Å². The molecule has 0 radical (unpaired) electrons. The average molecular weight is 397 g/mol. The standard InChI is InChI=1S/C29H48/c1-5-9-11-13-15-17-22-26-29(8-4,28-24-20-18-21-25-28)27(7-3)23-19-16-14-12-10-6-2/h7-8,18,20-21,24-25,27H,3-6,9-17,19,22-23,26H2,1-2H3. The Balaban J connectivity index is 2.72. The lowest BCUT2D eigenvalue weighted by Crippen LogP contribution is -2.32. The van der Waals surface area contributed by atoms with Gasteiger partial charge in [-0.1, -0.05) is 140 Å². The van der Waals surface area contributed by atoms with Crippen LogP contribution in [0.4, 0.5) is 0 Å². The highest BCUT2D eigenvalue weighted by Gasteiger charge is 2.35. The molecule has 0 amide bonds. The fourth-order valence-electron chi connectivity index (χ4n) is 4.77. The van der Waals surface area contributed by atoms with Crippen LogP contribution in [0, 0.1) is 5.92 Å². The van der Waals surface area contributed by atoms with Crippen molar-refractivity contribution in [1.82, 2.24) is 0 Å². The predicted octanol–water partition coefficient (Wildman–Crippen LogP) is 9.80. The summed E-state index contributed by atoms with van der Waals surface area (Å²) in [6.45, 7) is 13.2. The summed E-state index contributed by atoms with van der Waals surface area (Å²) in [5.41, 5.74) is 1.47. The summed E-state index contributed by atoms with van der Waals surface area (Å²) in [5, 5.41) is 0. The molecule has 0 saturated heterocycles. The molecule has 0 fully saturated rings. The molecule has 0 spiro atoms. The van der Waals surface area contributed by atoms with Crippen LogP contribution in [0.2, 0.25) is 0 Å². The topological polar surface area (TPSA) is 0 Å². The highest BCUT2D eigenvalue weighted by Crippen LogP contribution is 2.42. The van der Waals surface area contributed by atoms with Crippen LogP contribution in [0.15, 0.2) is 55.6 Å². The Morgan fingerprint density at radius 1 is 0.724 bits per heavy atom. The maximum absolute atomic E-state index is 4.34. The van der Waals surface area contributed by atoms with Crippen LogP contribution in [0.25, 0.3) is 0 Å². The minimum absolute atomic E-state index is 0.0375. The Bertz CT molecular complexity index is 514. The summed E-state index contributed by atoms with van der Waals surface area (Å²) in [5.74, 6) is 0.480. The molecule has 0 aliphatic rings. The van der Waals surface area contributed by atoms with E-state index in [0.29, 0.717) is 5.92 Å². The molecule has 1 aromatic rings. The van der Waals surface area contributed by atoms with E-state index in [-0.39, 0.29) is 5.41 Å². The van der Waals surface area contributed by atoms with E-state index in [9.17, 15) is 0 Å². The number of unbranched alkanes of at least 4 members (excludes halogenated alkanes) is 11. The van der Waals surface area contributed by atoms with E-state index in [0.717, 1.165) is 0 Å². The first-order chi connectivity index (χ1) is 14.2. The molecular weight excluding hydrogens is 348 g/mol. The zero-order chi connectivity index (χ0) is 21.2. The Hall–Kier alpha value is -1.30. The van der Waals surface area contributed by atoms with E-state index in [2.05, 4.69) is 69.5 Å². The molecule has 0 heteroatoms. The lowest BCUT2D eigenvalue weighted by atomic mass is 9.65. The Kier molecular flexibility index (Phi) is 14.6. The van der Waals surface area contributed by atoms with Gasteiger partial charge < -0.3 is 0 Å². The molecule has 2 unspecified atom stereocenters. The van der Waals surface area contributed by atoms with E-state index >= 15 is 0 Å². The molecule has 1 rings (SSSR count). The fraction of sp³-hybridized carbons (Fsp3) is 0.655. The van der Waals surface area contributed by atoms with Crippen molar-refractivity contribution in [2.45, 2.75) is 116 Å². The van der Waals surface area contributed by atoms with Crippen LogP contribution in [0.3, 0.4) is 0 Å². The van der Waals surface area contributed by atoms with Crippen LogP contribution >= 0.6 is 0 Å². The zero-order valence-electron chi connectivity index (χ0n) is 19.6. The molecule has 29 heavy (non-hydrogen) atoms. The summed E-state index contributed by atoms with van der Waals surface area (Å²) in [6.07, 6.45) is 24.5. The van der Waals surface area contributed by atoms with Crippen molar-refractivity contribution < 1.29 is 0 Å². The number of hydrogen-bond acceptors (Lipinski definition) is 0. The van der Waals surface area contributed by atoms with Gasteiger partial charge in [-0.3, -0.25) is 0 Å². The van der Waals surface area contributed by atoms with Crippen molar-refractivity contribution in [1.29, 1.82) is 0 Å². The Morgan fingerprint density at radius 3 is 1.76 bits per heavy atom. The quantitative estimate of drug-likeness (QED) is 0.161. The monoisotopic (exact) mass is 396 g/mol. The molecule has 0 saturated carbocycles. The molecule has 2 atom stereocenters. The van der Waals surface area contributed by atoms with Crippen molar-refractivity contribution in [2.24, 2.45) is 5.92 Å². The van der Waals surface area contributed by atoms with Gasteiger partial charge in [-0.2, -0.15) is 0 Å².